The van der Waals surface area contributed by atoms with E-state index in [9.17, 15) is 9.59 Å². The molecule has 0 unspecified atom stereocenters. The van der Waals surface area contributed by atoms with Gasteiger partial charge in [-0.3, -0.25) is 9.59 Å². The van der Waals surface area contributed by atoms with Gasteiger partial charge in [0, 0.05) is 38.0 Å². The van der Waals surface area contributed by atoms with Gasteiger partial charge in [-0.05, 0) is 38.6 Å². The number of carbonyl (C=O) groups excluding carboxylic acids is 2. The first-order valence-corrected chi connectivity index (χ1v) is 9.23. The number of rotatable bonds is 3. The van der Waals surface area contributed by atoms with Crippen molar-refractivity contribution >= 4 is 11.8 Å². The smallest absolute Gasteiger partial charge is 0.245 e. The van der Waals surface area contributed by atoms with Crippen LogP contribution >= 0.6 is 0 Å². The lowest BCUT2D eigenvalue weighted by molar-refractivity contribution is -0.161. The van der Waals surface area contributed by atoms with Gasteiger partial charge in [0.25, 0.3) is 0 Å². The van der Waals surface area contributed by atoms with Crippen LogP contribution in [0.25, 0.3) is 0 Å². The first kappa shape index (κ1) is 16.6. The Balaban J connectivity index is 1.57. The van der Waals surface area contributed by atoms with Crippen molar-refractivity contribution in [3.8, 4) is 0 Å². The van der Waals surface area contributed by atoms with E-state index in [1.165, 1.54) is 0 Å². The highest BCUT2D eigenvalue weighted by Crippen LogP contribution is 2.40. The fourth-order valence-electron chi connectivity index (χ4n) is 4.87. The van der Waals surface area contributed by atoms with Gasteiger partial charge in [0.2, 0.25) is 11.8 Å². The monoisotopic (exact) mass is 346 g/mol. The molecule has 4 rings (SSSR count). The molecule has 3 aliphatic heterocycles. The molecule has 1 N–H and O–H groups in total. The maximum absolute atomic E-state index is 13.3. The maximum Gasteiger partial charge on any atom is 0.245 e. The van der Waals surface area contributed by atoms with Gasteiger partial charge < -0.3 is 19.6 Å². The van der Waals surface area contributed by atoms with Gasteiger partial charge in [0.05, 0.1) is 6.54 Å². The number of hydrogen-bond acceptors (Lipinski definition) is 5. The van der Waals surface area contributed by atoms with E-state index < -0.39 is 0 Å². The predicted octanol–water partition coefficient (Wildman–Crippen LogP) is 0.930. The Hall–Kier alpha value is -1.89. The SMILES string of the molecule is Cc1cc(CN(C)C(=O)[C@H]2[C@@H]3CNC[C@@H](C3)[C@@H]3CCCC(=O)N32)no1. The summed E-state index contributed by atoms with van der Waals surface area (Å²) in [6, 6.07) is 1.71. The fraction of sp³-hybridized carbons (Fsp3) is 0.722. The molecule has 3 aliphatic rings. The Kier molecular flexibility index (Phi) is 4.27. The number of likely N-dealkylation sites (N-methyl/N-ethyl adjacent to an activating group) is 1. The Morgan fingerprint density at radius 2 is 2.24 bits per heavy atom. The summed E-state index contributed by atoms with van der Waals surface area (Å²) in [5.74, 6) is 1.59. The van der Waals surface area contributed by atoms with Crippen molar-refractivity contribution in [1.82, 2.24) is 20.3 Å². The van der Waals surface area contributed by atoms with Crippen LogP contribution in [0.1, 0.15) is 37.1 Å². The van der Waals surface area contributed by atoms with Gasteiger partial charge in [-0.15, -0.1) is 0 Å². The lowest BCUT2D eigenvalue weighted by atomic mass is 9.72. The molecule has 3 saturated heterocycles. The van der Waals surface area contributed by atoms with E-state index in [-0.39, 0.29) is 29.8 Å². The minimum atomic E-state index is -0.347. The molecule has 136 valence electrons. The van der Waals surface area contributed by atoms with Gasteiger partial charge in [0.15, 0.2) is 0 Å². The average molecular weight is 346 g/mol. The van der Waals surface area contributed by atoms with Gasteiger partial charge in [-0.2, -0.15) is 0 Å². The zero-order valence-electron chi connectivity index (χ0n) is 14.9. The zero-order valence-corrected chi connectivity index (χ0v) is 14.9. The largest absolute Gasteiger partial charge is 0.361 e. The topological polar surface area (TPSA) is 78.7 Å². The molecule has 0 saturated carbocycles. The number of aryl methyl sites for hydroxylation is 1. The normalized spacial score (nSPS) is 31.6. The van der Waals surface area contributed by atoms with Crippen LogP contribution in [-0.2, 0) is 16.1 Å². The molecule has 7 heteroatoms. The number of fused-ring (bicyclic) bond motifs is 4. The number of nitrogens with one attached hydrogen (secondary N) is 1. The highest BCUT2D eigenvalue weighted by molar-refractivity contribution is 5.89. The van der Waals surface area contributed by atoms with Gasteiger partial charge in [0.1, 0.15) is 17.5 Å². The quantitative estimate of drug-likeness (QED) is 0.881. The van der Waals surface area contributed by atoms with E-state index in [1.807, 2.05) is 17.9 Å². The Morgan fingerprint density at radius 3 is 3.00 bits per heavy atom. The fourth-order valence-corrected chi connectivity index (χ4v) is 4.87. The standard InChI is InChI=1S/C18H26N4O3/c1-11-6-14(20-25-11)10-21(2)18(24)17-13-7-12(8-19-9-13)15-4-3-5-16(23)22(15)17/h6,12-13,15,17,19H,3-5,7-10H2,1-2H3/t12-,13+,15+,17-/m1/s1. The molecule has 0 radical (unpaired) electrons. The van der Waals surface area contributed by atoms with Gasteiger partial charge >= 0.3 is 0 Å². The predicted molar refractivity (Wildman–Crippen MR) is 90.5 cm³/mol. The second kappa shape index (κ2) is 6.44. The number of piperidine rings is 3. The van der Waals surface area contributed by atoms with E-state index in [1.54, 1.807) is 11.9 Å². The van der Waals surface area contributed by atoms with Crippen LogP contribution in [0, 0.1) is 18.8 Å². The van der Waals surface area contributed by atoms with Crippen molar-refractivity contribution in [3.63, 3.8) is 0 Å². The van der Waals surface area contributed by atoms with E-state index >= 15 is 0 Å². The molecule has 1 aromatic heterocycles. The molecular formula is C18H26N4O3. The van der Waals surface area contributed by atoms with Crippen LogP contribution in [0.2, 0.25) is 0 Å². The van der Waals surface area contributed by atoms with E-state index in [2.05, 4.69) is 10.5 Å². The lowest BCUT2D eigenvalue weighted by Gasteiger charge is -2.54. The van der Waals surface area contributed by atoms with Crippen LogP contribution < -0.4 is 5.32 Å². The van der Waals surface area contributed by atoms with Crippen molar-refractivity contribution in [3.05, 3.63) is 17.5 Å². The molecule has 4 heterocycles. The molecule has 2 amide bonds. The van der Waals surface area contributed by atoms with Crippen molar-refractivity contribution in [1.29, 1.82) is 0 Å². The Labute approximate surface area is 147 Å². The van der Waals surface area contributed by atoms with Crippen LogP contribution in [0.4, 0.5) is 0 Å². The first-order chi connectivity index (χ1) is 12.0. The van der Waals surface area contributed by atoms with Crippen LogP contribution in [0.15, 0.2) is 10.6 Å². The third-order valence-corrected chi connectivity index (χ3v) is 5.95. The van der Waals surface area contributed by atoms with Crippen LogP contribution in [0.3, 0.4) is 0 Å². The molecule has 25 heavy (non-hydrogen) atoms. The molecule has 0 spiro atoms. The number of aromatic nitrogens is 1. The van der Waals surface area contributed by atoms with Gasteiger partial charge in [-0.25, -0.2) is 0 Å². The summed E-state index contributed by atoms with van der Waals surface area (Å²) < 4.78 is 5.10. The lowest BCUT2D eigenvalue weighted by Crippen LogP contribution is -2.68. The van der Waals surface area contributed by atoms with Crippen molar-refractivity contribution in [2.75, 3.05) is 20.1 Å². The van der Waals surface area contributed by atoms with Crippen LogP contribution in [-0.4, -0.2) is 59.0 Å². The number of hydrogen-bond donors (Lipinski definition) is 1. The number of carbonyl (C=O) groups is 2. The summed E-state index contributed by atoms with van der Waals surface area (Å²) in [4.78, 5) is 29.6. The Bertz CT molecular complexity index is 673. The first-order valence-electron chi connectivity index (χ1n) is 9.23. The molecule has 4 atom stereocenters. The van der Waals surface area contributed by atoms with Crippen molar-refractivity contribution < 1.29 is 14.1 Å². The highest BCUT2D eigenvalue weighted by Gasteiger charge is 2.51. The average Bonchev–Trinajstić information content (AvgIpc) is 3.01. The molecule has 7 nitrogen and oxygen atoms in total. The van der Waals surface area contributed by atoms with Gasteiger partial charge in [-0.1, -0.05) is 5.16 Å². The summed E-state index contributed by atoms with van der Waals surface area (Å²) in [7, 11) is 1.79. The second-order valence-corrected chi connectivity index (χ2v) is 7.74. The molecule has 3 fully saturated rings. The molecule has 2 bridgehead atoms. The summed E-state index contributed by atoms with van der Waals surface area (Å²) in [6.07, 6.45) is 3.56. The van der Waals surface area contributed by atoms with Crippen LogP contribution in [0.5, 0.6) is 0 Å². The highest BCUT2D eigenvalue weighted by atomic mass is 16.5. The zero-order chi connectivity index (χ0) is 17.6. The van der Waals surface area contributed by atoms with E-state index in [4.69, 9.17) is 4.52 Å². The minimum absolute atomic E-state index is 0.0213. The number of amides is 2. The second-order valence-electron chi connectivity index (χ2n) is 7.74. The summed E-state index contributed by atoms with van der Waals surface area (Å²) in [5.41, 5.74) is 0.741. The van der Waals surface area contributed by atoms with E-state index in [0.29, 0.717) is 18.9 Å². The molecule has 1 aromatic rings. The number of nitrogens with zero attached hydrogens (tertiary/aromatic N) is 3. The summed E-state index contributed by atoms with van der Waals surface area (Å²) in [6.45, 7) is 4.01. The third-order valence-electron chi connectivity index (χ3n) is 5.95. The van der Waals surface area contributed by atoms with Crippen molar-refractivity contribution in [2.45, 2.75) is 51.2 Å². The molecule has 0 aromatic carbocycles. The van der Waals surface area contributed by atoms with E-state index in [0.717, 1.165) is 43.8 Å². The molecular weight excluding hydrogens is 320 g/mol. The molecule has 0 aliphatic carbocycles. The third kappa shape index (κ3) is 2.94. The van der Waals surface area contributed by atoms with Crippen molar-refractivity contribution in [2.24, 2.45) is 11.8 Å². The Morgan fingerprint density at radius 1 is 1.44 bits per heavy atom. The summed E-state index contributed by atoms with van der Waals surface area (Å²) >= 11 is 0. The maximum atomic E-state index is 13.3. The minimum Gasteiger partial charge on any atom is -0.361 e. The summed E-state index contributed by atoms with van der Waals surface area (Å²) in [5, 5.41) is 7.46.